The van der Waals surface area contributed by atoms with E-state index in [1.165, 1.54) is 0 Å². The van der Waals surface area contributed by atoms with Crippen molar-refractivity contribution in [3.63, 3.8) is 0 Å². The van der Waals surface area contributed by atoms with E-state index in [1.807, 2.05) is 24.3 Å². The van der Waals surface area contributed by atoms with E-state index in [0.29, 0.717) is 13.2 Å². The SMILES string of the molecule is COCC1(CNC(=O)c2ccccc2I)CCNCC1.Cl. The van der Waals surface area contributed by atoms with E-state index in [-0.39, 0.29) is 23.7 Å². The Balaban J connectivity index is 0.00000220. The molecule has 0 bridgehead atoms. The van der Waals surface area contributed by atoms with Gasteiger partial charge in [-0.3, -0.25) is 4.79 Å². The van der Waals surface area contributed by atoms with Gasteiger partial charge in [-0.2, -0.15) is 0 Å². The van der Waals surface area contributed by atoms with Crippen LogP contribution in [-0.4, -0.2) is 39.3 Å². The smallest absolute Gasteiger partial charge is 0.252 e. The standard InChI is InChI=1S/C15H21IN2O2.ClH/c1-20-11-15(6-8-17-9-7-15)10-18-14(19)12-4-2-3-5-13(12)16;/h2-5,17H,6-11H2,1H3,(H,18,19);1H. The molecule has 1 aromatic carbocycles. The van der Waals surface area contributed by atoms with Gasteiger partial charge in [0.1, 0.15) is 0 Å². The highest BCUT2D eigenvalue weighted by molar-refractivity contribution is 14.1. The number of benzene rings is 1. The lowest BCUT2D eigenvalue weighted by molar-refractivity contribution is 0.0511. The average molecular weight is 425 g/mol. The van der Waals surface area contributed by atoms with Gasteiger partial charge in [0.2, 0.25) is 0 Å². The molecule has 2 rings (SSSR count). The molecule has 2 N–H and O–H groups in total. The minimum atomic E-state index is 0. The van der Waals surface area contributed by atoms with Gasteiger partial charge in [-0.15, -0.1) is 12.4 Å². The summed E-state index contributed by atoms with van der Waals surface area (Å²) in [5, 5.41) is 6.44. The van der Waals surface area contributed by atoms with Crippen LogP contribution in [0.25, 0.3) is 0 Å². The van der Waals surface area contributed by atoms with Crippen LogP contribution in [-0.2, 0) is 4.74 Å². The predicted molar refractivity (Wildman–Crippen MR) is 95.2 cm³/mol. The number of carbonyl (C=O) groups excluding carboxylic acids is 1. The quantitative estimate of drug-likeness (QED) is 0.714. The van der Waals surface area contributed by atoms with Gasteiger partial charge in [-0.1, -0.05) is 12.1 Å². The van der Waals surface area contributed by atoms with Crippen molar-refractivity contribution in [2.24, 2.45) is 5.41 Å². The summed E-state index contributed by atoms with van der Waals surface area (Å²) in [6.07, 6.45) is 2.07. The highest BCUT2D eigenvalue weighted by Crippen LogP contribution is 2.28. The topological polar surface area (TPSA) is 50.4 Å². The Hall–Kier alpha value is -0.370. The maximum atomic E-state index is 12.3. The second-order valence-corrected chi connectivity index (χ2v) is 6.51. The monoisotopic (exact) mass is 424 g/mol. The molecular formula is C15H22ClIN2O2. The molecule has 118 valence electrons. The van der Waals surface area contributed by atoms with Crippen LogP contribution >= 0.6 is 35.0 Å². The number of amides is 1. The van der Waals surface area contributed by atoms with E-state index >= 15 is 0 Å². The van der Waals surface area contributed by atoms with Crippen LogP contribution in [0.5, 0.6) is 0 Å². The van der Waals surface area contributed by atoms with E-state index in [4.69, 9.17) is 4.74 Å². The highest BCUT2D eigenvalue weighted by Gasteiger charge is 2.32. The van der Waals surface area contributed by atoms with Crippen molar-refractivity contribution in [1.29, 1.82) is 0 Å². The van der Waals surface area contributed by atoms with E-state index in [9.17, 15) is 4.79 Å². The van der Waals surface area contributed by atoms with Gasteiger partial charge in [-0.25, -0.2) is 0 Å². The zero-order chi connectivity index (χ0) is 14.4. The molecule has 1 amide bonds. The largest absolute Gasteiger partial charge is 0.384 e. The Morgan fingerprint density at radius 3 is 2.67 bits per heavy atom. The van der Waals surface area contributed by atoms with Crippen molar-refractivity contribution in [2.45, 2.75) is 12.8 Å². The minimum absolute atomic E-state index is 0. The maximum Gasteiger partial charge on any atom is 0.252 e. The summed E-state index contributed by atoms with van der Waals surface area (Å²) in [6.45, 7) is 3.34. The Morgan fingerprint density at radius 1 is 1.38 bits per heavy atom. The van der Waals surface area contributed by atoms with Crippen LogP contribution in [0.4, 0.5) is 0 Å². The number of methoxy groups -OCH3 is 1. The third kappa shape index (κ3) is 5.09. The van der Waals surface area contributed by atoms with Crippen molar-refractivity contribution in [1.82, 2.24) is 10.6 Å². The normalized spacial score (nSPS) is 16.9. The lowest BCUT2D eigenvalue weighted by atomic mass is 9.79. The fraction of sp³-hybridized carbons (Fsp3) is 0.533. The van der Waals surface area contributed by atoms with Crippen LogP contribution in [0, 0.1) is 8.99 Å². The minimum Gasteiger partial charge on any atom is -0.384 e. The van der Waals surface area contributed by atoms with Crippen molar-refractivity contribution < 1.29 is 9.53 Å². The molecule has 1 aromatic rings. The first-order chi connectivity index (χ1) is 9.67. The van der Waals surface area contributed by atoms with Gasteiger partial charge in [-0.05, 0) is 60.7 Å². The van der Waals surface area contributed by atoms with Crippen molar-refractivity contribution >= 4 is 40.9 Å². The first kappa shape index (κ1) is 18.7. The van der Waals surface area contributed by atoms with Crippen molar-refractivity contribution in [2.75, 3.05) is 33.4 Å². The fourth-order valence-electron chi connectivity index (χ4n) is 2.64. The second kappa shape index (κ2) is 8.92. The average Bonchev–Trinajstić information content (AvgIpc) is 2.47. The molecule has 0 aromatic heterocycles. The van der Waals surface area contributed by atoms with E-state index in [0.717, 1.165) is 35.1 Å². The van der Waals surface area contributed by atoms with Crippen LogP contribution < -0.4 is 10.6 Å². The zero-order valence-corrected chi connectivity index (χ0v) is 15.1. The first-order valence-electron chi connectivity index (χ1n) is 6.89. The summed E-state index contributed by atoms with van der Waals surface area (Å²) < 4.78 is 6.35. The van der Waals surface area contributed by atoms with Gasteiger partial charge in [0, 0.05) is 22.6 Å². The number of nitrogens with one attached hydrogen (secondary N) is 2. The molecular weight excluding hydrogens is 403 g/mol. The number of carbonyl (C=O) groups is 1. The first-order valence-corrected chi connectivity index (χ1v) is 7.97. The van der Waals surface area contributed by atoms with Gasteiger partial charge in [0.05, 0.1) is 12.2 Å². The van der Waals surface area contributed by atoms with E-state index in [2.05, 4.69) is 33.2 Å². The third-order valence-electron chi connectivity index (χ3n) is 3.86. The van der Waals surface area contributed by atoms with Gasteiger partial charge in [0.15, 0.2) is 0 Å². The molecule has 0 atom stereocenters. The lowest BCUT2D eigenvalue weighted by Crippen LogP contribution is -2.47. The molecule has 1 aliphatic rings. The van der Waals surface area contributed by atoms with Crippen molar-refractivity contribution in [3.05, 3.63) is 33.4 Å². The number of hydrogen-bond donors (Lipinski definition) is 2. The summed E-state index contributed by atoms with van der Waals surface area (Å²) in [7, 11) is 1.73. The molecule has 21 heavy (non-hydrogen) atoms. The number of hydrogen-bond acceptors (Lipinski definition) is 3. The third-order valence-corrected chi connectivity index (χ3v) is 4.80. The van der Waals surface area contributed by atoms with Gasteiger partial charge in [0.25, 0.3) is 5.91 Å². The number of ether oxygens (including phenoxy) is 1. The number of piperidine rings is 1. The summed E-state index contributed by atoms with van der Waals surface area (Å²) in [5.74, 6) is 0.00371. The summed E-state index contributed by atoms with van der Waals surface area (Å²) in [5.41, 5.74) is 0.810. The summed E-state index contributed by atoms with van der Waals surface area (Å²) >= 11 is 2.19. The van der Waals surface area contributed by atoms with Crippen LogP contribution in [0.15, 0.2) is 24.3 Å². The molecule has 4 nitrogen and oxygen atoms in total. The molecule has 1 heterocycles. The molecule has 1 fully saturated rings. The molecule has 6 heteroatoms. The molecule has 0 aliphatic carbocycles. The number of halogens is 2. The molecule has 0 saturated carbocycles. The molecule has 1 aliphatic heterocycles. The zero-order valence-electron chi connectivity index (χ0n) is 12.2. The summed E-state index contributed by atoms with van der Waals surface area (Å²) in [4.78, 5) is 12.3. The Bertz CT molecular complexity index is 459. The van der Waals surface area contributed by atoms with E-state index in [1.54, 1.807) is 7.11 Å². The van der Waals surface area contributed by atoms with Crippen LogP contribution in [0.3, 0.4) is 0 Å². The van der Waals surface area contributed by atoms with Crippen LogP contribution in [0.1, 0.15) is 23.2 Å². The number of rotatable bonds is 5. The fourth-order valence-corrected chi connectivity index (χ4v) is 3.28. The molecule has 1 saturated heterocycles. The molecule has 0 unspecified atom stereocenters. The Morgan fingerprint density at radius 2 is 2.05 bits per heavy atom. The van der Waals surface area contributed by atoms with E-state index < -0.39 is 0 Å². The van der Waals surface area contributed by atoms with Gasteiger partial charge >= 0.3 is 0 Å². The van der Waals surface area contributed by atoms with Gasteiger partial charge < -0.3 is 15.4 Å². The Kier molecular flexibility index (Phi) is 7.94. The highest BCUT2D eigenvalue weighted by atomic mass is 127. The van der Waals surface area contributed by atoms with Crippen LogP contribution in [0.2, 0.25) is 0 Å². The molecule has 0 spiro atoms. The maximum absolute atomic E-state index is 12.3. The second-order valence-electron chi connectivity index (χ2n) is 5.35. The lowest BCUT2D eigenvalue weighted by Gasteiger charge is -2.37. The predicted octanol–water partition coefficient (Wildman–Crippen LogP) is 2.46. The molecule has 0 radical (unpaired) electrons. The van der Waals surface area contributed by atoms with Crippen molar-refractivity contribution in [3.8, 4) is 0 Å². The summed E-state index contributed by atoms with van der Waals surface area (Å²) in [6, 6.07) is 7.65. The Labute approximate surface area is 145 Å².